The molecule has 2 nitrogen and oxygen atoms in total. The van der Waals surface area contributed by atoms with E-state index in [0.29, 0.717) is 11.8 Å². The standard InChI is InChI=1S/C14H25NO/c16-14-11-5-4-6-12(14)13(8-7-11)15-9-2-1-3-10-15/h11-14,16H,1-10H2/p+1/t11-,12+,13+,14+/m1/s1. The van der Waals surface area contributed by atoms with Crippen molar-refractivity contribution in [2.45, 2.75) is 63.5 Å². The van der Waals surface area contributed by atoms with E-state index in [-0.39, 0.29) is 6.10 Å². The third kappa shape index (κ3) is 1.91. The van der Waals surface area contributed by atoms with E-state index >= 15 is 0 Å². The van der Waals surface area contributed by atoms with E-state index in [1.54, 1.807) is 0 Å². The maximum absolute atomic E-state index is 10.4. The largest absolute Gasteiger partial charge is 0.392 e. The van der Waals surface area contributed by atoms with Crippen molar-refractivity contribution in [3.05, 3.63) is 0 Å². The molecule has 0 spiro atoms. The average Bonchev–Trinajstić information content (AvgIpc) is 2.30. The molecule has 1 saturated heterocycles. The molecule has 4 atom stereocenters. The Morgan fingerprint density at radius 1 is 0.812 bits per heavy atom. The summed E-state index contributed by atoms with van der Waals surface area (Å²) in [5.41, 5.74) is 0. The minimum atomic E-state index is 0.0435. The second-order valence-corrected chi connectivity index (χ2v) is 6.25. The monoisotopic (exact) mass is 224 g/mol. The van der Waals surface area contributed by atoms with Gasteiger partial charge in [0.1, 0.15) is 0 Å². The zero-order valence-corrected chi connectivity index (χ0v) is 10.3. The molecule has 0 aromatic rings. The molecule has 0 unspecified atom stereocenters. The number of rotatable bonds is 1. The molecule has 1 aliphatic heterocycles. The zero-order chi connectivity index (χ0) is 11.0. The Morgan fingerprint density at radius 3 is 2.44 bits per heavy atom. The number of fused-ring (bicyclic) bond motifs is 2. The van der Waals surface area contributed by atoms with Crippen LogP contribution in [-0.4, -0.2) is 30.3 Å². The Kier molecular flexibility index (Phi) is 3.21. The predicted octanol–water partition coefficient (Wildman–Crippen LogP) is 0.995. The highest BCUT2D eigenvalue weighted by Gasteiger charge is 2.45. The fraction of sp³-hybridized carbons (Fsp3) is 1.00. The summed E-state index contributed by atoms with van der Waals surface area (Å²) in [6.45, 7) is 2.75. The number of likely N-dealkylation sites (tertiary alicyclic amines) is 1. The van der Waals surface area contributed by atoms with E-state index in [2.05, 4.69) is 0 Å². The smallest absolute Gasteiger partial charge is 0.0928 e. The minimum absolute atomic E-state index is 0.0435. The van der Waals surface area contributed by atoms with Crippen LogP contribution in [0.25, 0.3) is 0 Å². The lowest BCUT2D eigenvalue weighted by Crippen LogP contribution is -3.17. The third-order valence-electron chi connectivity index (χ3n) is 5.42. The molecule has 92 valence electrons. The molecule has 3 aliphatic rings. The summed E-state index contributed by atoms with van der Waals surface area (Å²) in [4.78, 5) is 1.83. The van der Waals surface area contributed by atoms with Gasteiger partial charge in [0.2, 0.25) is 0 Å². The summed E-state index contributed by atoms with van der Waals surface area (Å²) in [6, 6.07) is 0.798. The quantitative estimate of drug-likeness (QED) is 0.682. The molecule has 16 heavy (non-hydrogen) atoms. The number of piperidine rings is 1. The molecule has 3 fully saturated rings. The summed E-state index contributed by atoms with van der Waals surface area (Å²) in [5, 5.41) is 10.4. The number of aliphatic hydroxyl groups is 1. The highest BCUT2D eigenvalue weighted by Crippen LogP contribution is 2.39. The summed E-state index contributed by atoms with van der Waals surface area (Å²) < 4.78 is 0. The highest BCUT2D eigenvalue weighted by molar-refractivity contribution is 4.91. The topological polar surface area (TPSA) is 24.7 Å². The van der Waals surface area contributed by atoms with Crippen LogP contribution in [0, 0.1) is 11.8 Å². The Morgan fingerprint density at radius 2 is 1.62 bits per heavy atom. The fourth-order valence-electron chi connectivity index (χ4n) is 4.55. The van der Waals surface area contributed by atoms with Gasteiger partial charge in [-0.15, -0.1) is 0 Å². The Labute approximate surface area is 99.0 Å². The van der Waals surface area contributed by atoms with Gasteiger partial charge in [0, 0.05) is 12.3 Å². The van der Waals surface area contributed by atoms with Crippen LogP contribution in [0.2, 0.25) is 0 Å². The van der Waals surface area contributed by atoms with Gasteiger partial charge in [-0.2, -0.15) is 0 Å². The molecule has 0 aromatic carbocycles. The van der Waals surface area contributed by atoms with Crippen molar-refractivity contribution in [1.82, 2.24) is 0 Å². The molecular weight excluding hydrogens is 198 g/mol. The molecule has 0 radical (unpaired) electrons. The number of hydrogen-bond acceptors (Lipinski definition) is 1. The van der Waals surface area contributed by atoms with Gasteiger partial charge in [0.25, 0.3) is 0 Å². The SMILES string of the molecule is O[C@H]1[C@@H]2CCC[C@H]1[C@@H]([NH+]1CCCCC1)CC2. The highest BCUT2D eigenvalue weighted by atomic mass is 16.3. The first-order chi connectivity index (χ1) is 7.86. The van der Waals surface area contributed by atoms with Crippen molar-refractivity contribution < 1.29 is 10.0 Å². The third-order valence-corrected chi connectivity index (χ3v) is 5.42. The lowest BCUT2D eigenvalue weighted by Gasteiger charge is -2.47. The first-order valence-electron chi connectivity index (χ1n) is 7.39. The van der Waals surface area contributed by atoms with E-state index in [1.807, 2.05) is 4.90 Å². The Balaban J connectivity index is 1.69. The maximum atomic E-state index is 10.4. The zero-order valence-electron chi connectivity index (χ0n) is 10.3. The molecule has 3 rings (SSSR count). The van der Waals surface area contributed by atoms with Crippen molar-refractivity contribution in [1.29, 1.82) is 0 Å². The molecule has 2 heteroatoms. The van der Waals surface area contributed by atoms with Crippen molar-refractivity contribution in [2.75, 3.05) is 13.1 Å². The van der Waals surface area contributed by atoms with Crippen LogP contribution in [0.4, 0.5) is 0 Å². The predicted molar refractivity (Wildman–Crippen MR) is 64.4 cm³/mol. The van der Waals surface area contributed by atoms with Crippen LogP contribution in [0.15, 0.2) is 0 Å². The molecule has 0 aromatic heterocycles. The van der Waals surface area contributed by atoms with Gasteiger partial charge in [-0.25, -0.2) is 0 Å². The number of quaternary nitrogens is 1. The van der Waals surface area contributed by atoms with Crippen molar-refractivity contribution in [3.63, 3.8) is 0 Å². The van der Waals surface area contributed by atoms with Gasteiger partial charge < -0.3 is 10.0 Å². The van der Waals surface area contributed by atoms with Gasteiger partial charge in [-0.1, -0.05) is 6.42 Å². The summed E-state index contributed by atoms with van der Waals surface area (Å²) in [6.07, 6.45) is 11.0. The Bertz CT molecular complexity index is 237. The number of nitrogens with one attached hydrogen (secondary N) is 1. The lowest BCUT2D eigenvalue weighted by molar-refractivity contribution is -0.936. The molecule has 2 saturated carbocycles. The van der Waals surface area contributed by atoms with Crippen LogP contribution in [0.3, 0.4) is 0 Å². The fourth-order valence-corrected chi connectivity index (χ4v) is 4.55. The van der Waals surface area contributed by atoms with Crippen molar-refractivity contribution >= 4 is 0 Å². The first kappa shape index (κ1) is 11.0. The van der Waals surface area contributed by atoms with E-state index < -0.39 is 0 Å². The summed E-state index contributed by atoms with van der Waals surface area (Å²) >= 11 is 0. The van der Waals surface area contributed by atoms with Crippen molar-refractivity contribution in [2.24, 2.45) is 11.8 Å². The van der Waals surface area contributed by atoms with Gasteiger partial charge in [-0.05, 0) is 44.4 Å². The van der Waals surface area contributed by atoms with E-state index in [4.69, 9.17) is 0 Å². The van der Waals surface area contributed by atoms with Gasteiger partial charge in [-0.3, -0.25) is 0 Å². The molecule has 2 N–H and O–H groups in total. The van der Waals surface area contributed by atoms with Crippen LogP contribution < -0.4 is 4.90 Å². The molecule has 1 heterocycles. The lowest BCUT2D eigenvalue weighted by atomic mass is 9.67. The summed E-state index contributed by atoms with van der Waals surface area (Å²) in [5.74, 6) is 1.29. The van der Waals surface area contributed by atoms with E-state index in [0.717, 1.165) is 6.04 Å². The first-order valence-corrected chi connectivity index (χ1v) is 7.39. The van der Waals surface area contributed by atoms with Crippen molar-refractivity contribution in [3.8, 4) is 0 Å². The van der Waals surface area contributed by atoms with Crippen LogP contribution >= 0.6 is 0 Å². The molecular formula is C14H26NO+. The van der Waals surface area contributed by atoms with Gasteiger partial charge in [0.15, 0.2) is 0 Å². The van der Waals surface area contributed by atoms with Crippen LogP contribution in [0.5, 0.6) is 0 Å². The number of aliphatic hydroxyl groups excluding tert-OH is 1. The minimum Gasteiger partial charge on any atom is -0.392 e. The molecule has 0 amide bonds. The van der Waals surface area contributed by atoms with E-state index in [1.165, 1.54) is 64.5 Å². The second-order valence-electron chi connectivity index (χ2n) is 6.25. The van der Waals surface area contributed by atoms with Gasteiger partial charge in [0.05, 0.1) is 25.2 Å². The maximum Gasteiger partial charge on any atom is 0.0928 e. The molecule has 2 aliphatic carbocycles. The summed E-state index contributed by atoms with van der Waals surface area (Å²) in [7, 11) is 0. The van der Waals surface area contributed by atoms with Crippen LogP contribution in [-0.2, 0) is 0 Å². The van der Waals surface area contributed by atoms with E-state index in [9.17, 15) is 5.11 Å². The normalized spacial score (nSPS) is 45.6. The second kappa shape index (κ2) is 4.66. The number of hydrogen-bond donors (Lipinski definition) is 2. The Hall–Kier alpha value is -0.0800. The van der Waals surface area contributed by atoms with Crippen LogP contribution in [0.1, 0.15) is 51.4 Å². The molecule has 2 bridgehead atoms. The van der Waals surface area contributed by atoms with Gasteiger partial charge >= 0.3 is 0 Å². The average molecular weight is 224 g/mol.